The first-order valence-corrected chi connectivity index (χ1v) is 5.69. The molecule has 0 amide bonds. The zero-order chi connectivity index (χ0) is 11.5. The lowest BCUT2D eigenvalue weighted by Crippen LogP contribution is -2.49. The molecule has 0 saturated carbocycles. The monoisotopic (exact) mass is 221 g/mol. The first kappa shape index (κ1) is 11.2. The van der Waals surface area contributed by atoms with Crippen LogP contribution in [0.25, 0.3) is 0 Å². The van der Waals surface area contributed by atoms with Gasteiger partial charge in [0, 0.05) is 31.4 Å². The Morgan fingerprint density at radius 2 is 2.38 bits per heavy atom. The van der Waals surface area contributed by atoms with Gasteiger partial charge in [-0.25, -0.2) is 0 Å². The predicted molar refractivity (Wildman–Crippen MR) is 65.2 cm³/mol. The Labute approximate surface area is 96.6 Å². The van der Waals surface area contributed by atoms with E-state index in [1.807, 2.05) is 6.92 Å². The highest BCUT2D eigenvalue weighted by molar-refractivity contribution is 5.58. The van der Waals surface area contributed by atoms with Gasteiger partial charge < -0.3 is 15.0 Å². The van der Waals surface area contributed by atoms with E-state index in [1.165, 1.54) is 0 Å². The van der Waals surface area contributed by atoms with Crippen molar-refractivity contribution in [2.45, 2.75) is 19.9 Å². The average molecular weight is 221 g/mol. The Kier molecular flexibility index (Phi) is 3.29. The summed E-state index contributed by atoms with van der Waals surface area (Å²) in [5, 5.41) is 3.44. The minimum atomic E-state index is 0.520. The lowest BCUT2D eigenvalue weighted by molar-refractivity contribution is 0.408. The third-order valence-corrected chi connectivity index (χ3v) is 2.91. The van der Waals surface area contributed by atoms with E-state index in [9.17, 15) is 0 Å². The van der Waals surface area contributed by atoms with Crippen molar-refractivity contribution in [2.75, 3.05) is 31.6 Å². The molecule has 0 unspecified atom stereocenters. The molecule has 1 N–H and O–H groups in total. The smallest absolute Gasteiger partial charge is 0.160 e. The molecule has 2 rings (SSSR count). The Bertz CT molecular complexity index is 367. The van der Waals surface area contributed by atoms with Crippen LogP contribution < -0.4 is 15.0 Å². The third-order valence-electron chi connectivity index (χ3n) is 2.91. The van der Waals surface area contributed by atoms with Crippen molar-refractivity contribution in [1.82, 2.24) is 10.3 Å². The van der Waals surface area contributed by atoms with Gasteiger partial charge in [-0.05, 0) is 19.9 Å². The second-order valence-electron chi connectivity index (χ2n) is 4.30. The normalized spacial score (nSPS) is 20.9. The second-order valence-corrected chi connectivity index (χ2v) is 4.30. The maximum absolute atomic E-state index is 5.36. The molecule has 4 heteroatoms. The number of hydrogen-bond acceptors (Lipinski definition) is 4. The Morgan fingerprint density at radius 3 is 3.06 bits per heavy atom. The van der Waals surface area contributed by atoms with Crippen molar-refractivity contribution in [3.05, 3.63) is 18.0 Å². The number of nitrogens with zero attached hydrogens (tertiary/aromatic N) is 2. The molecule has 1 aliphatic heterocycles. The maximum atomic E-state index is 5.36. The SMILES string of the molecule is COc1cnc(C)cc1N1CCN[C@H](C)C1. The van der Waals surface area contributed by atoms with Crippen LogP contribution in [0.4, 0.5) is 5.69 Å². The van der Waals surface area contributed by atoms with Crippen molar-refractivity contribution in [3.63, 3.8) is 0 Å². The molecular formula is C12H19N3O. The van der Waals surface area contributed by atoms with Gasteiger partial charge >= 0.3 is 0 Å². The van der Waals surface area contributed by atoms with E-state index in [-0.39, 0.29) is 0 Å². The van der Waals surface area contributed by atoms with Crippen LogP contribution in [0.3, 0.4) is 0 Å². The standard InChI is InChI=1S/C12H19N3O/c1-9-6-11(12(16-3)7-14-9)15-5-4-13-10(2)8-15/h6-7,10,13H,4-5,8H2,1-3H3/t10-/m1/s1. The van der Waals surface area contributed by atoms with Gasteiger partial charge in [0.25, 0.3) is 0 Å². The number of hydrogen-bond donors (Lipinski definition) is 1. The van der Waals surface area contributed by atoms with Crippen LogP contribution >= 0.6 is 0 Å². The molecule has 1 atom stereocenters. The zero-order valence-electron chi connectivity index (χ0n) is 10.2. The number of rotatable bonds is 2. The van der Waals surface area contributed by atoms with E-state index >= 15 is 0 Å². The summed E-state index contributed by atoms with van der Waals surface area (Å²) in [4.78, 5) is 6.61. The van der Waals surface area contributed by atoms with E-state index in [0.29, 0.717) is 6.04 Å². The highest BCUT2D eigenvalue weighted by Crippen LogP contribution is 2.28. The number of aromatic nitrogens is 1. The molecular weight excluding hydrogens is 202 g/mol. The van der Waals surface area contributed by atoms with E-state index in [4.69, 9.17) is 4.74 Å². The van der Waals surface area contributed by atoms with Crippen LogP contribution in [0.2, 0.25) is 0 Å². The maximum Gasteiger partial charge on any atom is 0.160 e. The third kappa shape index (κ3) is 2.27. The van der Waals surface area contributed by atoms with Gasteiger partial charge in [0.1, 0.15) is 0 Å². The minimum absolute atomic E-state index is 0.520. The van der Waals surface area contributed by atoms with Crippen molar-refractivity contribution in [1.29, 1.82) is 0 Å². The molecule has 4 nitrogen and oxygen atoms in total. The molecule has 0 aliphatic carbocycles. The highest BCUT2D eigenvalue weighted by atomic mass is 16.5. The molecule has 1 aliphatic rings. The number of anilines is 1. The van der Waals surface area contributed by atoms with E-state index < -0.39 is 0 Å². The average Bonchev–Trinajstić information content (AvgIpc) is 2.29. The quantitative estimate of drug-likeness (QED) is 0.814. The van der Waals surface area contributed by atoms with Gasteiger partial charge in [-0.15, -0.1) is 0 Å². The van der Waals surface area contributed by atoms with Gasteiger partial charge in [0.05, 0.1) is 19.0 Å². The van der Waals surface area contributed by atoms with E-state index in [1.54, 1.807) is 13.3 Å². The van der Waals surface area contributed by atoms with Crippen molar-refractivity contribution in [3.8, 4) is 5.75 Å². The molecule has 0 radical (unpaired) electrons. The van der Waals surface area contributed by atoms with Crippen molar-refractivity contribution < 1.29 is 4.74 Å². The molecule has 1 fully saturated rings. The van der Waals surface area contributed by atoms with Crippen LogP contribution in [0, 0.1) is 6.92 Å². The zero-order valence-corrected chi connectivity index (χ0v) is 10.2. The number of methoxy groups -OCH3 is 1. The van der Waals surface area contributed by atoms with Crippen molar-refractivity contribution >= 4 is 5.69 Å². The predicted octanol–water partition coefficient (Wildman–Crippen LogP) is 1.20. The van der Waals surface area contributed by atoms with Crippen LogP contribution in [-0.4, -0.2) is 37.8 Å². The molecule has 2 heterocycles. The fraction of sp³-hybridized carbons (Fsp3) is 0.583. The topological polar surface area (TPSA) is 37.4 Å². The fourth-order valence-electron chi connectivity index (χ4n) is 2.09. The molecule has 0 aromatic carbocycles. The highest BCUT2D eigenvalue weighted by Gasteiger charge is 2.19. The Hall–Kier alpha value is -1.29. The van der Waals surface area contributed by atoms with Crippen LogP contribution in [0.5, 0.6) is 5.75 Å². The van der Waals surface area contributed by atoms with Crippen LogP contribution in [0.15, 0.2) is 12.3 Å². The number of pyridine rings is 1. The molecule has 0 spiro atoms. The van der Waals surface area contributed by atoms with Crippen LogP contribution in [0.1, 0.15) is 12.6 Å². The summed E-state index contributed by atoms with van der Waals surface area (Å²) in [6, 6.07) is 2.61. The van der Waals surface area contributed by atoms with Crippen molar-refractivity contribution in [2.24, 2.45) is 0 Å². The summed E-state index contributed by atoms with van der Waals surface area (Å²) < 4.78 is 5.36. The number of ether oxygens (including phenoxy) is 1. The fourth-order valence-corrected chi connectivity index (χ4v) is 2.09. The van der Waals surface area contributed by atoms with Gasteiger partial charge in [0.15, 0.2) is 5.75 Å². The summed E-state index contributed by atoms with van der Waals surface area (Å²) in [7, 11) is 1.70. The number of aryl methyl sites for hydroxylation is 1. The van der Waals surface area contributed by atoms with Gasteiger partial charge in [0.2, 0.25) is 0 Å². The molecule has 1 aromatic heterocycles. The summed E-state index contributed by atoms with van der Waals surface area (Å²) >= 11 is 0. The molecule has 1 saturated heterocycles. The largest absolute Gasteiger partial charge is 0.493 e. The van der Waals surface area contributed by atoms with E-state index in [0.717, 1.165) is 36.8 Å². The summed E-state index contributed by atoms with van der Waals surface area (Å²) in [5.74, 6) is 0.861. The lowest BCUT2D eigenvalue weighted by atomic mass is 10.2. The summed E-state index contributed by atoms with van der Waals surface area (Å²) in [6.45, 7) is 7.26. The van der Waals surface area contributed by atoms with Gasteiger partial charge in [-0.3, -0.25) is 4.98 Å². The first-order chi connectivity index (χ1) is 7.70. The van der Waals surface area contributed by atoms with Crippen LogP contribution in [-0.2, 0) is 0 Å². The Balaban J connectivity index is 2.26. The molecule has 16 heavy (non-hydrogen) atoms. The Morgan fingerprint density at radius 1 is 1.56 bits per heavy atom. The second kappa shape index (κ2) is 4.70. The number of piperazine rings is 1. The summed E-state index contributed by atoms with van der Waals surface area (Å²) in [5.41, 5.74) is 2.19. The first-order valence-electron chi connectivity index (χ1n) is 5.69. The lowest BCUT2D eigenvalue weighted by Gasteiger charge is -2.34. The van der Waals surface area contributed by atoms with Gasteiger partial charge in [-0.1, -0.05) is 0 Å². The number of nitrogens with one attached hydrogen (secondary N) is 1. The molecule has 1 aromatic rings. The summed E-state index contributed by atoms with van der Waals surface area (Å²) in [6.07, 6.45) is 1.80. The molecule has 88 valence electrons. The van der Waals surface area contributed by atoms with Gasteiger partial charge in [-0.2, -0.15) is 0 Å². The molecule has 0 bridgehead atoms. The minimum Gasteiger partial charge on any atom is -0.493 e. The van der Waals surface area contributed by atoms with E-state index in [2.05, 4.69) is 28.2 Å².